The number of halogens is 1. The molecule has 0 radical (unpaired) electrons. The minimum absolute atomic E-state index is 0.0565. The second-order valence-electron chi connectivity index (χ2n) is 5.04. The normalized spacial score (nSPS) is 20.8. The van der Waals surface area contributed by atoms with Gasteiger partial charge in [-0.15, -0.1) is 0 Å². The van der Waals surface area contributed by atoms with E-state index in [1.807, 2.05) is 25.1 Å². The average molecular weight is 407 g/mol. The van der Waals surface area contributed by atoms with Gasteiger partial charge < -0.3 is 4.90 Å². The maximum Gasteiger partial charge on any atom is 0.255 e. The molecule has 0 unspecified atom stereocenters. The minimum Gasteiger partial charge on any atom is -0.335 e. The molecule has 0 bridgehead atoms. The van der Waals surface area contributed by atoms with Crippen LogP contribution in [0.1, 0.15) is 30.1 Å². The first-order chi connectivity index (χ1) is 9.44. The summed E-state index contributed by atoms with van der Waals surface area (Å²) in [5.74, 6) is 0.234. The molecule has 1 amide bonds. The van der Waals surface area contributed by atoms with Gasteiger partial charge in [0.1, 0.15) is 0 Å². The number of carbonyl (C=O) groups excluding carboxylic acids is 1. The summed E-state index contributed by atoms with van der Waals surface area (Å²) in [7, 11) is -2.98. The van der Waals surface area contributed by atoms with E-state index < -0.39 is 9.84 Å². The van der Waals surface area contributed by atoms with E-state index in [0.29, 0.717) is 18.5 Å². The molecule has 1 saturated heterocycles. The molecule has 0 N–H and O–H groups in total. The van der Waals surface area contributed by atoms with E-state index in [4.69, 9.17) is 0 Å². The Bertz CT molecular complexity index is 600. The third-order valence-corrected chi connectivity index (χ3v) is 6.17. The van der Waals surface area contributed by atoms with Gasteiger partial charge >= 0.3 is 0 Å². The van der Waals surface area contributed by atoms with Crippen LogP contribution in [0.3, 0.4) is 0 Å². The Balaban J connectivity index is 2.25. The molecule has 1 aromatic rings. The highest BCUT2D eigenvalue weighted by Gasteiger charge is 2.34. The molecule has 6 heteroatoms. The molecule has 1 atom stereocenters. The highest BCUT2D eigenvalue weighted by atomic mass is 127. The van der Waals surface area contributed by atoms with Crippen molar-refractivity contribution < 1.29 is 13.2 Å². The summed E-state index contributed by atoms with van der Waals surface area (Å²) in [6.45, 7) is 2.60. The lowest BCUT2D eigenvalue weighted by atomic mass is 10.1. The fourth-order valence-electron chi connectivity index (χ4n) is 2.50. The largest absolute Gasteiger partial charge is 0.335 e. The maximum atomic E-state index is 12.7. The van der Waals surface area contributed by atoms with Gasteiger partial charge in [0.15, 0.2) is 9.84 Å². The van der Waals surface area contributed by atoms with E-state index in [9.17, 15) is 13.2 Å². The number of benzene rings is 1. The Kier molecular flexibility index (Phi) is 5.06. The van der Waals surface area contributed by atoms with E-state index in [1.165, 1.54) is 0 Å². The Hall–Kier alpha value is -0.630. The lowest BCUT2D eigenvalue weighted by Gasteiger charge is -2.28. The van der Waals surface area contributed by atoms with Crippen molar-refractivity contribution >= 4 is 38.3 Å². The van der Waals surface area contributed by atoms with Crippen LogP contribution in [0.5, 0.6) is 0 Å². The fraction of sp³-hybridized carbons (Fsp3) is 0.500. The van der Waals surface area contributed by atoms with Crippen LogP contribution in [0.2, 0.25) is 0 Å². The monoisotopic (exact) mass is 407 g/mol. The van der Waals surface area contributed by atoms with Crippen molar-refractivity contribution in [3.8, 4) is 0 Å². The Labute approximate surface area is 133 Å². The van der Waals surface area contributed by atoms with Gasteiger partial charge in [0.05, 0.1) is 17.1 Å². The highest BCUT2D eigenvalue weighted by Crippen LogP contribution is 2.22. The molecule has 0 aliphatic carbocycles. The van der Waals surface area contributed by atoms with Crippen molar-refractivity contribution in [2.45, 2.75) is 25.8 Å². The summed E-state index contributed by atoms with van der Waals surface area (Å²) < 4.78 is 24.2. The zero-order chi connectivity index (χ0) is 14.8. The van der Waals surface area contributed by atoms with Crippen LogP contribution in [0.4, 0.5) is 0 Å². The Morgan fingerprint density at radius 1 is 1.40 bits per heavy atom. The standard InChI is InChI=1S/C14H18INO3S/c1-2-8-16(11-7-9-20(18,19)10-11)14(17)12-5-3-4-6-13(12)15/h3-6,11H,2,7-10H2,1H3/t11-/m0/s1. The van der Waals surface area contributed by atoms with Crippen molar-refractivity contribution in [1.82, 2.24) is 4.90 Å². The second kappa shape index (κ2) is 6.43. The van der Waals surface area contributed by atoms with Crippen molar-refractivity contribution in [3.63, 3.8) is 0 Å². The molecule has 20 heavy (non-hydrogen) atoms. The number of amides is 1. The first-order valence-corrected chi connectivity index (χ1v) is 9.60. The van der Waals surface area contributed by atoms with Crippen molar-refractivity contribution in [3.05, 3.63) is 33.4 Å². The van der Waals surface area contributed by atoms with E-state index in [0.717, 1.165) is 9.99 Å². The minimum atomic E-state index is -2.98. The molecule has 1 fully saturated rings. The first-order valence-electron chi connectivity index (χ1n) is 6.70. The molecule has 1 aliphatic rings. The van der Waals surface area contributed by atoms with Crippen LogP contribution in [0, 0.1) is 3.57 Å². The topological polar surface area (TPSA) is 54.5 Å². The van der Waals surface area contributed by atoms with Crippen LogP contribution < -0.4 is 0 Å². The van der Waals surface area contributed by atoms with Gasteiger partial charge in [-0.2, -0.15) is 0 Å². The Morgan fingerprint density at radius 3 is 2.65 bits per heavy atom. The van der Waals surface area contributed by atoms with Gasteiger partial charge in [0.2, 0.25) is 0 Å². The van der Waals surface area contributed by atoms with Gasteiger partial charge in [-0.3, -0.25) is 4.79 Å². The molecule has 0 spiro atoms. The summed E-state index contributed by atoms with van der Waals surface area (Å²) >= 11 is 2.14. The molecule has 1 heterocycles. The van der Waals surface area contributed by atoms with Gasteiger partial charge in [-0.1, -0.05) is 19.1 Å². The zero-order valence-electron chi connectivity index (χ0n) is 11.4. The van der Waals surface area contributed by atoms with E-state index in [1.54, 1.807) is 11.0 Å². The van der Waals surface area contributed by atoms with E-state index in [-0.39, 0.29) is 23.5 Å². The van der Waals surface area contributed by atoms with Crippen LogP contribution >= 0.6 is 22.6 Å². The summed E-state index contributed by atoms with van der Waals surface area (Å²) in [5, 5.41) is 0. The predicted octanol–water partition coefficient (Wildman–Crippen LogP) is 2.33. The van der Waals surface area contributed by atoms with Crippen LogP contribution in [0.15, 0.2) is 24.3 Å². The molecule has 2 rings (SSSR count). The van der Waals surface area contributed by atoms with Gasteiger partial charge in [0, 0.05) is 16.2 Å². The number of sulfone groups is 1. The van der Waals surface area contributed by atoms with Crippen molar-refractivity contribution in [1.29, 1.82) is 0 Å². The lowest BCUT2D eigenvalue weighted by molar-refractivity contribution is 0.0696. The molecule has 110 valence electrons. The number of hydrogen-bond donors (Lipinski definition) is 0. The number of carbonyl (C=O) groups is 1. The fourth-order valence-corrected chi connectivity index (χ4v) is 4.85. The molecule has 4 nitrogen and oxygen atoms in total. The SMILES string of the molecule is CCCN(C(=O)c1ccccc1I)[C@H]1CCS(=O)(=O)C1. The third-order valence-electron chi connectivity index (χ3n) is 3.48. The van der Waals surface area contributed by atoms with Crippen LogP contribution in [-0.4, -0.2) is 43.3 Å². The summed E-state index contributed by atoms with van der Waals surface area (Å²) in [6.07, 6.45) is 1.38. The zero-order valence-corrected chi connectivity index (χ0v) is 14.4. The van der Waals surface area contributed by atoms with Crippen molar-refractivity contribution in [2.24, 2.45) is 0 Å². The number of hydrogen-bond acceptors (Lipinski definition) is 3. The van der Waals surface area contributed by atoms with E-state index in [2.05, 4.69) is 22.6 Å². The van der Waals surface area contributed by atoms with Gasteiger partial charge in [-0.25, -0.2) is 8.42 Å². The molecule has 0 aromatic heterocycles. The molecule has 0 saturated carbocycles. The second-order valence-corrected chi connectivity index (χ2v) is 8.43. The highest BCUT2D eigenvalue weighted by molar-refractivity contribution is 14.1. The first kappa shape index (κ1) is 15.8. The third kappa shape index (κ3) is 3.52. The van der Waals surface area contributed by atoms with Gasteiger partial charge in [0.25, 0.3) is 5.91 Å². The number of nitrogens with zero attached hydrogens (tertiary/aromatic N) is 1. The lowest BCUT2D eigenvalue weighted by Crippen LogP contribution is -2.41. The molecule has 1 aliphatic heterocycles. The molecular formula is C14H18INO3S. The summed E-state index contributed by atoms with van der Waals surface area (Å²) in [5.41, 5.74) is 0.658. The van der Waals surface area contributed by atoms with Crippen LogP contribution in [-0.2, 0) is 9.84 Å². The smallest absolute Gasteiger partial charge is 0.255 e. The summed E-state index contributed by atoms with van der Waals surface area (Å²) in [4.78, 5) is 14.4. The molecule has 1 aromatic carbocycles. The van der Waals surface area contributed by atoms with Crippen LogP contribution in [0.25, 0.3) is 0 Å². The van der Waals surface area contributed by atoms with Gasteiger partial charge in [-0.05, 0) is 47.6 Å². The number of rotatable bonds is 4. The maximum absolute atomic E-state index is 12.7. The average Bonchev–Trinajstić information content (AvgIpc) is 2.76. The molecular weight excluding hydrogens is 389 g/mol. The quantitative estimate of drug-likeness (QED) is 0.721. The van der Waals surface area contributed by atoms with Crippen molar-refractivity contribution in [2.75, 3.05) is 18.1 Å². The predicted molar refractivity (Wildman–Crippen MR) is 87.5 cm³/mol. The Morgan fingerprint density at radius 2 is 2.10 bits per heavy atom. The van der Waals surface area contributed by atoms with E-state index >= 15 is 0 Å². The summed E-state index contributed by atoms with van der Waals surface area (Å²) in [6, 6.07) is 7.25.